The molecule has 4 fully saturated rings. The minimum absolute atomic E-state index is 0.0653. The molecule has 0 spiro atoms. The molecule has 4 aliphatic rings. The van der Waals surface area contributed by atoms with Crippen LogP contribution in [0.4, 0.5) is 0 Å². The Morgan fingerprint density at radius 3 is 2.39 bits per heavy atom. The highest BCUT2D eigenvalue weighted by Gasteiger charge is 2.63. The number of aliphatic hydroxyl groups is 1. The Labute approximate surface area is 215 Å². The number of carboxylic acid groups (broad SMARTS) is 1. The average Bonchev–Trinajstić information content (AvgIpc) is 3.20. The molecule has 0 saturated heterocycles. The lowest BCUT2D eigenvalue weighted by Gasteiger charge is -2.62. The quantitative estimate of drug-likeness (QED) is 0.447. The molecule has 0 aliphatic heterocycles. The second-order valence-corrected chi connectivity index (χ2v) is 12.8. The number of carboxylic acids is 1. The molecule has 10 atom stereocenters. The second kappa shape index (κ2) is 10.6. The summed E-state index contributed by atoms with van der Waals surface area (Å²) in [5.74, 6) is 1.36. The van der Waals surface area contributed by atoms with E-state index >= 15 is 0 Å². The Kier molecular flexibility index (Phi) is 8.09. The molecule has 36 heavy (non-hydrogen) atoms. The number of hydrogen-bond acceptors (Lipinski definition) is 6. The summed E-state index contributed by atoms with van der Waals surface area (Å²) in [6, 6.07) is 0. The van der Waals surface area contributed by atoms with Gasteiger partial charge in [-0.05, 0) is 104 Å². The first-order valence-electron chi connectivity index (χ1n) is 14.2. The van der Waals surface area contributed by atoms with Crippen LogP contribution in [0, 0.1) is 46.3 Å². The van der Waals surface area contributed by atoms with Crippen molar-refractivity contribution in [2.24, 2.45) is 46.3 Å². The van der Waals surface area contributed by atoms with E-state index in [2.05, 4.69) is 20.8 Å². The first-order chi connectivity index (χ1) is 17.0. The molecule has 7 nitrogen and oxygen atoms in total. The Morgan fingerprint density at radius 1 is 0.944 bits per heavy atom. The van der Waals surface area contributed by atoms with Crippen LogP contribution in [0.2, 0.25) is 0 Å². The molecule has 0 amide bonds. The van der Waals surface area contributed by atoms with E-state index in [-0.39, 0.29) is 41.8 Å². The van der Waals surface area contributed by atoms with E-state index in [0.29, 0.717) is 41.9 Å². The topological polar surface area (TPSA) is 110 Å². The summed E-state index contributed by atoms with van der Waals surface area (Å²) in [5, 5.41) is 20.5. The van der Waals surface area contributed by atoms with Gasteiger partial charge in [0.05, 0.1) is 26.1 Å². The van der Waals surface area contributed by atoms with Gasteiger partial charge < -0.3 is 19.7 Å². The first-order valence-corrected chi connectivity index (χ1v) is 14.2. The third-order valence-corrected chi connectivity index (χ3v) is 11.4. The number of rotatable bonds is 8. The molecule has 0 bridgehead atoms. The van der Waals surface area contributed by atoms with Crippen LogP contribution >= 0.6 is 0 Å². The van der Waals surface area contributed by atoms with Crippen molar-refractivity contribution in [2.75, 3.05) is 7.11 Å². The van der Waals surface area contributed by atoms with Crippen LogP contribution in [0.25, 0.3) is 0 Å². The van der Waals surface area contributed by atoms with Crippen LogP contribution in [0.5, 0.6) is 0 Å². The molecule has 0 aromatic carbocycles. The number of ether oxygens (including phenoxy) is 2. The van der Waals surface area contributed by atoms with Crippen molar-refractivity contribution in [2.45, 2.75) is 110 Å². The normalized spacial score (nSPS) is 42.4. The zero-order valence-electron chi connectivity index (χ0n) is 22.5. The summed E-state index contributed by atoms with van der Waals surface area (Å²) in [7, 11) is 1.44. The summed E-state index contributed by atoms with van der Waals surface area (Å²) >= 11 is 0. The van der Waals surface area contributed by atoms with E-state index in [1.54, 1.807) is 0 Å². The van der Waals surface area contributed by atoms with Gasteiger partial charge in [0.1, 0.15) is 6.10 Å². The van der Waals surface area contributed by atoms with Crippen LogP contribution in [-0.2, 0) is 23.9 Å². The summed E-state index contributed by atoms with van der Waals surface area (Å²) < 4.78 is 10.5. The Bertz CT molecular complexity index is 841. The Morgan fingerprint density at radius 2 is 1.69 bits per heavy atom. The van der Waals surface area contributed by atoms with Gasteiger partial charge in [-0.2, -0.15) is 0 Å². The molecule has 4 aliphatic carbocycles. The van der Waals surface area contributed by atoms with E-state index in [1.807, 2.05) is 0 Å². The first kappa shape index (κ1) is 27.4. The van der Waals surface area contributed by atoms with Crippen molar-refractivity contribution in [3.63, 3.8) is 0 Å². The molecule has 4 saturated carbocycles. The predicted molar refractivity (Wildman–Crippen MR) is 134 cm³/mol. The van der Waals surface area contributed by atoms with Gasteiger partial charge in [-0.15, -0.1) is 0 Å². The number of aliphatic hydroxyl groups excluding tert-OH is 1. The van der Waals surface area contributed by atoms with Gasteiger partial charge in [-0.25, -0.2) is 0 Å². The molecule has 0 unspecified atom stereocenters. The minimum atomic E-state index is -0.976. The highest BCUT2D eigenvalue weighted by atomic mass is 16.5. The highest BCUT2D eigenvalue weighted by Crippen LogP contribution is 2.68. The SMILES string of the molecule is COC(=O)CC[C@@H](C)[C@@H]1CC[C@@H]2[C@@H]3CC[C@@H]4C[C@H](OC(=O)CCC(=O)O)CC[C@]4(C)[C@H]3C[C@H](O)[C@@]21C. The van der Waals surface area contributed by atoms with Crippen LogP contribution in [0.15, 0.2) is 0 Å². The number of hydrogen-bond donors (Lipinski definition) is 2. The number of carbonyl (C=O) groups excluding carboxylic acids is 2. The van der Waals surface area contributed by atoms with Crippen molar-refractivity contribution in [1.82, 2.24) is 0 Å². The van der Waals surface area contributed by atoms with E-state index < -0.39 is 11.9 Å². The van der Waals surface area contributed by atoms with Crippen molar-refractivity contribution in [3.8, 4) is 0 Å². The standard InChI is InChI=1S/C29H46O7/c1-17(5-11-26(33)35-4)21-8-9-22-20-7-6-18-15-19(36-27(34)12-10-25(31)32)13-14-28(18,2)23(20)16-24(30)29(21,22)3/h17-24,30H,5-16H2,1-4H3,(H,31,32)/t17-,18-,19-,20+,21+,22-,23+,24+,28+,29-/m1/s1. The molecule has 204 valence electrons. The maximum Gasteiger partial charge on any atom is 0.306 e. The fourth-order valence-corrected chi connectivity index (χ4v) is 9.35. The minimum Gasteiger partial charge on any atom is -0.481 e. The monoisotopic (exact) mass is 506 g/mol. The van der Waals surface area contributed by atoms with Gasteiger partial charge in [-0.3, -0.25) is 14.4 Å². The van der Waals surface area contributed by atoms with Crippen LogP contribution < -0.4 is 0 Å². The highest BCUT2D eigenvalue weighted by molar-refractivity contribution is 5.76. The fraction of sp³-hybridized carbons (Fsp3) is 0.897. The van der Waals surface area contributed by atoms with Crippen LogP contribution in [-0.4, -0.2) is 47.4 Å². The molecular weight excluding hydrogens is 460 g/mol. The average molecular weight is 507 g/mol. The van der Waals surface area contributed by atoms with Gasteiger partial charge in [0.15, 0.2) is 0 Å². The number of methoxy groups -OCH3 is 1. The largest absolute Gasteiger partial charge is 0.481 e. The molecule has 0 aromatic heterocycles. The van der Waals surface area contributed by atoms with E-state index in [0.717, 1.165) is 51.4 Å². The van der Waals surface area contributed by atoms with Crippen molar-refractivity contribution >= 4 is 17.9 Å². The van der Waals surface area contributed by atoms with Gasteiger partial charge in [-0.1, -0.05) is 20.8 Å². The molecule has 0 radical (unpaired) electrons. The molecule has 0 aromatic rings. The fourth-order valence-electron chi connectivity index (χ4n) is 9.35. The number of esters is 2. The maximum absolute atomic E-state index is 12.1. The van der Waals surface area contributed by atoms with E-state index in [1.165, 1.54) is 13.5 Å². The predicted octanol–water partition coefficient (Wildman–Crippen LogP) is 4.98. The summed E-state index contributed by atoms with van der Waals surface area (Å²) in [6.45, 7) is 6.99. The third-order valence-electron chi connectivity index (χ3n) is 11.4. The van der Waals surface area contributed by atoms with Crippen LogP contribution in [0.3, 0.4) is 0 Å². The van der Waals surface area contributed by atoms with Gasteiger partial charge in [0.2, 0.25) is 0 Å². The maximum atomic E-state index is 12.1. The summed E-state index contributed by atoms with van der Waals surface area (Å²) in [6.07, 6.45) is 8.64. The zero-order valence-corrected chi connectivity index (χ0v) is 22.5. The van der Waals surface area contributed by atoms with Gasteiger partial charge >= 0.3 is 17.9 Å². The molecule has 7 heteroatoms. The number of carbonyl (C=O) groups is 3. The number of fused-ring (bicyclic) bond motifs is 5. The molecule has 2 N–H and O–H groups in total. The lowest BCUT2D eigenvalue weighted by atomic mass is 9.43. The third kappa shape index (κ3) is 4.93. The van der Waals surface area contributed by atoms with Crippen molar-refractivity contribution < 1.29 is 34.1 Å². The van der Waals surface area contributed by atoms with Crippen LogP contribution in [0.1, 0.15) is 97.8 Å². The van der Waals surface area contributed by atoms with Gasteiger partial charge in [0.25, 0.3) is 0 Å². The Hall–Kier alpha value is -1.63. The molecular formula is C29H46O7. The van der Waals surface area contributed by atoms with E-state index in [9.17, 15) is 19.5 Å². The Balaban J connectivity index is 1.42. The zero-order chi connectivity index (χ0) is 26.3. The number of aliphatic carboxylic acids is 1. The van der Waals surface area contributed by atoms with Crippen molar-refractivity contribution in [1.29, 1.82) is 0 Å². The summed E-state index contributed by atoms with van der Waals surface area (Å²) in [5.41, 5.74) is 0.0422. The summed E-state index contributed by atoms with van der Waals surface area (Å²) in [4.78, 5) is 34.6. The molecule has 4 rings (SSSR count). The molecule has 0 heterocycles. The lowest BCUT2D eigenvalue weighted by molar-refractivity contribution is -0.182. The van der Waals surface area contributed by atoms with Gasteiger partial charge in [0, 0.05) is 6.42 Å². The van der Waals surface area contributed by atoms with Crippen molar-refractivity contribution in [3.05, 3.63) is 0 Å². The van der Waals surface area contributed by atoms with E-state index in [4.69, 9.17) is 14.6 Å². The smallest absolute Gasteiger partial charge is 0.306 e. The lowest BCUT2D eigenvalue weighted by Crippen LogP contribution is -2.59. The second-order valence-electron chi connectivity index (χ2n) is 12.8.